The largest absolute Gasteiger partial charge is 0.457 e. The van der Waals surface area contributed by atoms with E-state index in [1.165, 1.54) is 30.6 Å². The highest BCUT2D eigenvalue weighted by Gasteiger charge is 2.24. The molecule has 0 fully saturated rings. The monoisotopic (exact) mass is 348 g/mol. The van der Waals surface area contributed by atoms with Crippen LogP contribution in [0.3, 0.4) is 0 Å². The number of anilines is 1. The van der Waals surface area contributed by atoms with Crippen molar-refractivity contribution in [2.45, 2.75) is 19.8 Å². The summed E-state index contributed by atoms with van der Waals surface area (Å²) in [5, 5.41) is 3.54. The number of halogens is 2. The van der Waals surface area contributed by atoms with Gasteiger partial charge in [0.15, 0.2) is 0 Å². The van der Waals surface area contributed by atoms with Gasteiger partial charge in [-0.25, -0.2) is 13.8 Å². The lowest BCUT2D eigenvalue weighted by Gasteiger charge is -2.10. The van der Waals surface area contributed by atoms with E-state index in [0.29, 0.717) is 11.5 Å². The molecule has 1 aromatic heterocycles. The molecule has 0 bridgehead atoms. The third-order valence-corrected chi connectivity index (χ3v) is 3.22. The summed E-state index contributed by atoms with van der Waals surface area (Å²) in [5.41, 5.74) is 6.89. The van der Waals surface area contributed by atoms with Gasteiger partial charge in [0.05, 0.1) is 11.9 Å². The van der Waals surface area contributed by atoms with E-state index < -0.39 is 5.92 Å². The van der Waals surface area contributed by atoms with Crippen LogP contribution in [0.4, 0.5) is 20.3 Å². The molecule has 25 heavy (non-hydrogen) atoms. The number of rotatable bonds is 6. The Kier molecular flexibility index (Phi) is 5.58. The van der Waals surface area contributed by atoms with Crippen LogP contribution in [-0.2, 0) is 5.92 Å². The van der Waals surface area contributed by atoms with Gasteiger partial charge in [0.2, 0.25) is 0 Å². The van der Waals surface area contributed by atoms with Gasteiger partial charge in [-0.1, -0.05) is 12.1 Å². The summed E-state index contributed by atoms with van der Waals surface area (Å²) < 4.78 is 32.0. The van der Waals surface area contributed by atoms with Crippen molar-refractivity contribution >= 4 is 23.4 Å². The maximum atomic E-state index is 13.3. The Hall–Kier alpha value is -3.10. The normalized spacial score (nSPS) is 12.6. The second-order valence-corrected chi connectivity index (χ2v) is 5.33. The average molecular weight is 348 g/mol. The van der Waals surface area contributed by atoms with Crippen LogP contribution in [0.25, 0.3) is 0 Å². The molecule has 0 radical (unpaired) electrons. The Balaban J connectivity index is 2.04. The van der Waals surface area contributed by atoms with Crippen molar-refractivity contribution in [3.63, 3.8) is 0 Å². The van der Waals surface area contributed by atoms with Crippen LogP contribution in [0.1, 0.15) is 18.1 Å². The molecule has 132 valence electrons. The Morgan fingerprint density at radius 2 is 2.16 bits per heavy atom. The first-order valence-corrected chi connectivity index (χ1v) is 7.30. The van der Waals surface area contributed by atoms with E-state index in [-0.39, 0.29) is 23.9 Å². The number of nitrogens with zero attached hydrogens (tertiary/aromatic N) is 4. The van der Waals surface area contributed by atoms with Crippen molar-refractivity contribution in [1.82, 2.24) is 9.97 Å². The molecule has 0 atom stereocenters. The van der Waals surface area contributed by atoms with E-state index >= 15 is 0 Å². The molecule has 0 amide bonds. The molecule has 0 aliphatic carbocycles. The van der Waals surface area contributed by atoms with Gasteiger partial charge in [-0.3, -0.25) is 4.99 Å². The molecule has 0 unspecified atom stereocenters. The van der Waals surface area contributed by atoms with Crippen LogP contribution < -0.4 is 16.3 Å². The van der Waals surface area contributed by atoms with Gasteiger partial charge in [-0.15, -0.1) is 0 Å². The quantitative estimate of drug-likeness (QED) is 0.473. The van der Waals surface area contributed by atoms with E-state index in [0.717, 1.165) is 12.5 Å². The summed E-state index contributed by atoms with van der Waals surface area (Å²) in [6.45, 7) is 2.54. The van der Waals surface area contributed by atoms with E-state index in [1.54, 1.807) is 13.0 Å². The molecular weight excluding hydrogens is 330 g/mol. The van der Waals surface area contributed by atoms with Crippen LogP contribution >= 0.6 is 0 Å². The average Bonchev–Trinajstić information content (AvgIpc) is 2.57. The lowest BCUT2D eigenvalue weighted by atomic mass is 10.1. The maximum Gasteiger partial charge on any atom is 0.318 e. The number of aromatic nitrogens is 2. The molecule has 0 aliphatic heterocycles. The highest BCUT2D eigenvalue weighted by Crippen LogP contribution is 2.29. The fourth-order valence-electron chi connectivity index (χ4n) is 1.76. The molecule has 2 aromatic rings. The third kappa shape index (κ3) is 5.20. The van der Waals surface area contributed by atoms with Crippen molar-refractivity contribution in [2.24, 2.45) is 15.9 Å². The number of hydrogen-bond donors (Lipinski definition) is 2. The first kappa shape index (κ1) is 18.2. The lowest BCUT2D eigenvalue weighted by Crippen LogP contribution is -2.16. The first-order chi connectivity index (χ1) is 11.8. The summed E-state index contributed by atoms with van der Waals surface area (Å²) in [5.74, 6) is 2.65. The predicted octanol–water partition coefficient (Wildman–Crippen LogP) is 2.57. The summed E-state index contributed by atoms with van der Waals surface area (Å²) in [6.07, 6.45) is 2.85. The second-order valence-electron chi connectivity index (χ2n) is 5.33. The Morgan fingerprint density at radius 3 is 2.80 bits per heavy atom. The molecule has 0 aliphatic rings. The number of hydrazone groups is 1. The van der Waals surface area contributed by atoms with Crippen LogP contribution in [-0.4, -0.2) is 28.5 Å². The number of alkyl halides is 2. The fraction of sp³-hybridized carbons (Fsp3) is 0.250. The van der Waals surface area contributed by atoms with Gasteiger partial charge >= 0.3 is 6.01 Å². The third-order valence-electron chi connectivity index (χ3n) is 3.22. The van der Waals surface area contributed by atoms with Gasteiger partial charge < -0.3 is 16.3 Å². The molecule has 2 rings (SSSR count). The van der Waals surface area contributed by atoms with Crippen molar-refractivity contribution in [3.05, 3.63) is 41.6 Å². The maximum absolute atomic E-state index is 13.3. The van der Waals surface area contributed by atoms with Crippen LogP contribution in [0.15, 0.2) is 40.6 Å². The molecule has 0 spiro atoms. The van der Waals surface area contributed by atoms with Crippen molar-refractivity contribution in [1.29, 1.82) is 0 Å². The fourth-order valence-corrected chi connectivity index (χ4v) is 1.76. The zero-order valence-corrected chi connectivity index (χ0v) is 13.8. The van der Waals surface area contributed by atoms with Crippen molar-refractivity contribution in [3.8, 4) is 6.01 Å². The topological polar surface area (TPSA) is 112 Å². The van der Waals surface area contributed by atoms with E-state index in [1.807, 2.05) is 0 Å². The summed E-state index contributed by atoms with van der Waals surface area (Å²) in [7, 11) is 0. The summed E-state index contributed by atoms with van der Waals surface area (Å²) in [6, 6.07) is 5.78. The second kappa shape index (κ2) is 7.65. The smallest absolute Gasteiger partial charge is 0.318 e. The van der Waals surface area contributed by atoms with Crippen LogP contribution in [0, 0.1) is 6.92 Å². The highest BCUT2D eigenvalue weighted by molar-refractivity contribution is 6.31. The van der Waals surface area contributed by atoms with Crippen molar-refractivity contribution in [2.75, 3.05) is 12.3 Å². The zero-order valence-electron chi connectivity index (χ0n) is 13.8. The molecule has 1 aromatic carbocycles. The summed E-state index contributed by atoms with van der Waals surface area (Å²) in [4.78, 5) is 12.0. The van der Waals surface area contributed by atoms with Crippen molar-refractivity contribution < 1.29 is 13.5 Å². The number of hydrogen-bond acceptors (Lipinski definition) is 7. The molecule has 4 N–H and O–H groups in total. The standard InChI is InChI=1S/C16H18F2N6O/c1-10-7-22-15(23-14(10)19)25-9-13(24-20)8-21-12-5-3-4-11(6-12)16(2,17)18/h3-8H,9,20H2,1-2H3,(H2,19,22,23). The van der Waals surface area contributed by atoms with Crippen LogP contribution in [0.5, 0.6) is 6.01 Å². The Labute approximate surface area is 143 Å². The minimum absolute atomic E-state index is 0.0495. The van der Waals surface area contributed by atoms with E-state index in [9.17, 15) is 8.78 Å². The lowest BCUT2D eigenvalue weighted by molar-refractivity contribution is 0.0175. The predicted molar refractivity (Wildman–Crippen MR) is 92.5 cm³/mol. The number of nitrogens with two attached hydrogens (primary N) is 2. The number of aliphatic imine (C=N–C) groups is 1. The van der Waals surface area contributed by atoms with Crippen LogP contribution in [0.2, 0.25) is 0 Å². The van der Waals surface area contributed by atoms with Gasteiger partial charge in [0.1, 0.15) is 18.1 Å². The molecule has 7 nitrogen and oxygen atoms in total. The van der Waals surface area contributed by atoms with E-state index in [2.05, 4.69) is 20.1 Å². The minimum Gasteiger partial charge on any atom is -0.457 e. The molecule has 9 heteroatoms. The summed E-state index contributed by atoms with van der Waals surface area (Å²) >= 11 is 0. The molecular formula is C16H18F2N6O. The number of aryl methyl sites for hydroxylation is 1. The molecule has 1 heterocycles. The highest BCUT2D eigenvalue weighted by atomic mass is 19.3. The number of benzene rings is 1. The number of ether oxygens (including phenoxy) is 1. The molecule has 0 saturated carbocycles. The van der Waals surface area contributed by atoms with E-state index in [4.69, 9.17) is 16.3 Å². The van der Waals surface area contributed by atoms with Gasteiger partial charge in [0.25, 0.3) is 5.92 Å². The minimum atomic E-state index is -2.94. The van der Waals surface area contributed by atoms with Gasteiger partial charge in [0, 0.05) is 24.2 Å². The molecule has 0 saturated heterocycles. The Bertz CT molecular complexity index is 801. The zero-order chi connectivity index (χ0) is 18.4. The number of nitrogen functional groups attached to an aromatic ring is 1. The SMILES string of the molecule is Cc1cnc(OCC(C=Nc2cccc(C(C)(F)F)c2)=NN)nc1N. The first-order valence-electron chi connectivity index (χ1n) is 7.30. The van der Waals surface area contributed by atoms with Gasteiger partial charge in [-0.2, -0.15) is 10.1 Å². The van der Waals surface area contributed by atoms with Gasteiger partial charge in [-0.05, 0) is 19.1 Å². The Morgan fingerprint density at radius 1 is 1.40 bits per heavy atom.